The molecule has 1 aromatic rings. The van der Waals surface area contributed by atoms with Gasteiger partial charge in [0.1, 0.15) is 5.82 Å². The van der Waals surface area contributed by atoms with Crippen LogP contribution in [-0.2, 0) is 4.74 Å². The van der Waals surface area contributed by atoms with Crippen molar-refractivity contribution >= 4 is 16.7 Å². The van der Waals surface area contributed by atoms with Crippen LogP contribution in [0.25, 0.3) is 0 Å². The van der Waals surface area contributed by atoms with Gasteiger partial charge in [0.05, 0.1) is 12.2 Å². The number of hydrogen-bond donors (Lipinski definition) is 0. The molecule has 0 bridgehead atoms. The Labute approximate surface area is 88.1 Å². The normalized spacial score (nSPS) is 28.1. The molecule has 1 aliphatic rings. The molecule has 78 valence electrons. The summed E-state index contributed by atoms with van der Waals surface area (Å²) in [6.07, 6.45) is 0.561. The third-order valence-electron chi connectivity index (χ3n) is 2.21. The lowest BCUT2D eigenvalue weighted by molar-refractivity contribution is -0.00523. The fourth-order valence-corrected chi connectivity index (χ4v) is 2.44. The zero-order valence-corrected chi connectivity index (χ0v) is 9.54. The van der Waals surface area contributed by atoms with E-state index in [9.17, 15) is 0 Å². The van der Waals surface area contributed by atoms with Crippen LogP contribution in [0.3, 0.4) is 0 Å². The van der Waals surface area contributed by atoms with E-state index < -0.39 is 0 Å². The maximum absolute atomic E-state index is 5.66. The molecule has 1 aliphatic heterocycles. The van der Waals surface area contributed by atoms with E-state index in [0.29, 0.717) is 0 Å². The summed E-state index contributed by atoms with van der Waals surface area (Å²) < 4.78 is 9.85. The number of morpholine rings is 1. The van der Waals surface area contributed by atoms with E-state index in [2.05, 4.69) is 28.1 Å². The fraction of sp³-hybridized carbons (Fsp3) is 0.778. The molecular formula is C9H15N3OS. The van der Waals surface area contributed by atoms with E-state index in [0.717, 1.165) is 24.0 Å². The van der Waals surface area contributed by atoms with Crippen LogP contribution in [0, 0.1) is 6.92 Å². The number of nitrogens with zero attached hydrogens (tertiary/aromatic N) is 3. The molecule has 0 radical (unpaired) electrons. The maximum atomic E-state index is 5.66. The second-order valence-corrected chi connectivity index (χ2v) is 4.52. The maximum Gasteiger partial charge on any atom is 0.205 e. The van der Waals surface area contributed by atoms with E-state index in [1.54, 1.807) is 0 Å². The van der Waals surface area contributed by atoms with Gasteiger partial charge >= 0.3 is 0 Å². The monoisotopic (exact) mass is 213 g/mol. The summed E-state index contributed by atoms with van der Waals surface area (Å²) in [6, 6.07) is 0. The van der Waals surface area contributed by atoms with Crippen molar-refractivity contribution < 1.29 is 4.74 Å². The molecule has 0 aliphatic carbocycles. The SMILES string of the molecule is Cc1nsc(N2C[C@@H](C)O[C@@H](C)C2)n1. The van der Waals surface area contributed by atoms with Gasteiger partial charge in [-0.15, -0.1) is 0 Å². The predicted octanol–water partition coefficient (Wildman–Crippen LogP) is 1.46. The van der Waals surface area contributed by atoms with E-state index in [-0.39, 0.29) is 12.2 Å². The van der Waals surface area contributed by atoms with Gasteiger partial charge in [0.2, 0.25) is 5.13 Å². The van der Waals surface area contributed by atoms with Crippen molar-refractivity contribution in [1.29, 1.82) is 0 Å². The van der Waals surface area contributed by atoms with Gasteiger partial charge in [-0.3, -0.25) is 0 Å². The summed E-state index contributed by atoms with van der Waals surface area (Å²) >= 11 is 1.47. The Balaban J connectivity index is 2.10. The highest BCUT2D eigenvalue weighted by Crippen LogP contribution is 2.21. The summed E-state index contributed by atoms with van der Waals surface area (Å²) in [5.74, 6) is 0.858. The van der Waals surface area contributed by atoms with Crippen LogP contribution < -0.4 is 4.90 Å². The molecule has 14 heavy (non-hydrogen) atoms. The first-order valence-corrected chi connectivity index (χ1v) is 5.63. The Hall–Kier alpha value is -0.680. The highest BCUT2D eigenvalue weighted by Gasteiger charge is 2.24. The molecule has 0 N–H and O–H groups in total. The van der Waals surface area contributed by atoms with Crippen LogP contribution in [-0.4, -0.2) is 34.7 Å². The fourth-order valence-electron chi connectivity index (χ4n) is 1.75. The Bertz CT molecular complexity index is 305. The molecule has 1 fully saturated rings. The summed E-state index contributed by atoms with van der Waals surface area (Å²) in [5, 5.41) is 1.02. The lowest BCUT2D eigenvalue weighted by atomic mass is 10.2. The van der Waals surface area contributed by atoms with Crippen LogP contribution in [0.1, 0.15) is 19.7 Å². The van der Waals surface area contributed by atoms with E-state index in [1.807, 2.05) is 6.92 Å². The minimum absolute atomic E-state index is 0.281. The average Bonchev–Trinajstić information content (AvgIpc) is 2.50. The van der Waals surface area contributed by atoms with Crippen molar-refractivity contribution in [3.8, 4) is 0 Å². The number of ether oxygens (including phenoxy) is 1. The second kappa shape index (κ2) is 3.82. The molecule has 1 saturated heterocycles. The van der Waals surface area contributed by atoms with Crippen LogP contribution in [0.2, 0.25) is 0 Å². The van der Waals surface area contributed by atoms with Crippen LogP contribution in [0.5, 0.6) is 0 Å². The van der Waals surface area contributed by atoms with E-state index in [4.69, 9.17) is 4.74 Å². The molecular weight excluding hydrogens is 198 g/mol. The summed E-state index contributed by atoms with van der Waals surface area (Å²) in [4.78, 5) is 6.63. The number of rotatable bonds is 1. The third-order valence-corrected chi connectivity index (χ3v) is 3.08. The lowest BCUT2D eigenvalue weighted by Crippen LogP contribution is -2.45. The molecule has 2 atom stereocenters. The predicted molar refractivity (Wildman–Crippen MR) is 56.9 cm³/mol. The minimum Gasteiger partial charge on any atom is -0.372 e. The number of hydrogen-bond acceptors (Lipinski definition) is 5. The van der Waals surface area contributed by atoms with Crippen molar-refractivity contribution in [2.75, 3.05) is 18.0 Å². The molecule has 0 saturated carbocycles. The smallest absolute Gasteiger partial charge is 0.205 e. The summed E-state index contributed by atoms with van der Waals surface area (Å²) in [7, 11) is 0. The summed E-state index contributed by atoms with van der Waals surface area (Å²) in [6.45, 7) is 7.94. The van der Waals surface area contributed by atoms with Crippen molar-refractivity contribution in [1.82, 2.24) is 9.36 Å². The molecule has 0 amide bonds. The zero-order valence-electron chi connectivity index (χ0n) is 8.73. The number of anilines is 1. The molecule has 2 heterocycles. The minimum atomic E-state index is 0.281. The molecule has 4 nitrogen and oxygen atoms in total. The highest BCUT2D eigenvalue weighted by atomic mass is 32.1. The Morgan fingerprint density at radius 2 is 2.00 bits per heavy atom. The molecule has 0 aromatic carbocycles. The molecule has 2 rings (SSSR count). The molecule has 5 heteroatoms. The quantitative estimate of drug-likeness (QED) is 0.708. The van der Waals surface area contributed by atoms with Gasteiger partial charge in [-0.05, 0) is 20.8 Å². The van der Waals surface area contributed by atoms with Gasteiger partial charge in [0.15, 0.2) is 0 Å². The number of aryl methyl sites for hydroxylation is 1. The van der Waals surface area contributed by atoms with Crippen molar-refractivity contribution in [2.45, 2.75) is 33.0 Å². The number of aromatic nitrogens is 2. The first kappa shape index (κ1) is 9.86. The zero-order chi connectivity index (χ0) is 10.1. The first-order valence-electron chi connectivity index (χ1n) is 4.86. The second-order valence-electron chi connectivity index (χ2n) is 3.79. The van der Waals surface area contributed by atoms with Gasteiger partial charge < -0.3 is 9.64 Å². The lowest BCUT2D eigenvalue weighted by Gasteiger charge is -2.34. The standard InChI is InChI=1S/C9H15N3OS/c1-6-4-12(5-7(2)13-6)9-10-8(3)11-14-9/h6-7H,4-5H2,1-3H3/t6-,7+. The third kappa shape index (κ3) is 2.04. The van der Waals surface area contributed by atoms with E-state index >= 15 is 0 Å². The Kier molecular flexibility index (Phi) is 2.69. The van der Waals surface area contributed by atoms with Gasteiger partial charge in [-0.2, -0.15) is 4.37 Å². The van der Waals surface area contributed by atoms with Gasteiger partial charge in [-0.1, -0.05) is 0 Å². The Morgan fingerprint density at radius 1 is 1.36 bits per heavy atom. The average molecular weight is 213 g/mol. The van der Waals surface area contributed by atoms with Crippen LogP contribution >= 0.6 is 11.5 Å². The molecule has 0 unspecified atom stereocenters. The largest absolute Gasteiger partial charge is 0.372 e. The first-order chi connectivity index (χ1) is 6.65. The van der Waals surface area contributed by atoms with E-state index in [1.165, 1.54) is 11.5 Å². The van der Waals surface area contributed by atoms with Crippen molar-refractivity contribution in [3.05, 3.63) is 5.82 Å². The molecule has 0 spiro atoms. The van der Waals surface area contributed by atoms with Crippen molar-refractivity contribution in [2.24, 2.45) is 0 Å². The summed E-state index contributed by atoms with van der Waals surface area (Å²) in [5.41, 5.74) is 0. The highest BCUT2D eigenvalue weighted by molar-refractivity contribution is 7.09. The van der Waals surface area contributed by atoms with Crippen LogP contribution in [0.15, 0.2) is 0 Å². The van der Waals surface area contributed by atoms with Crippen molar-refractivity contribution in [3.63, 3.8) is 0 Å². The van der Waals surface area contributed by atoms with Gasteiger partial charge in [0, 0.05) is 24.6 Å². The van der Waals surface area contributed by atoms with Gasteiger partial charge in [0.25, 0.3) is 0 Å². The Morgan fingerprint density at radius 3 is 2.50 bits per heavy atom. The van der Waals surface area contributed by atoms with Crippen LogP contribution in [0.4, 0.5) is 5.13 Å². The van der Waals surface area contributed by atoms with Gasteiger partial charge in [-0.25, -0.2) is 4.98 Å². The topological polar surface area (TPSA) is 38.2 Å². The molecule has 1 aromatic heterocycles.